The van der Waals surface area contributed by atoms with Crippen molar-refractivity contribution in [2.24, 2.45) is 0 Å². The number of benzene rings is 2. The molecule has 2 N–H and O–H groups in total. The zero-order chi connectivity index (χ0) is 14.0. The van der Waals surface area contributed by atoms with Gasteiger partial charge in [-0.2, -0.15) is 0 Å². The highest BCUT2D eigenvalue weighted by Crippen LogP contribution is 2.20. The summed E-state index contributed by atoms with van der Waals surface area (Å²) in [4.78, 5) is 12.0. The zero-order valence-electron chi connectivity index (χ0n) is 10.7. The summed E-state index contributed by atoms with van der Waals surface area (Å²) in [5.41, 5.74) is 1.89. The molecule has 2 rings (SSSR count). The Morgan fingerprint density at radius 1 is 1.16 bits per heavy atom. The highest BCUT2D eigenvalue weighted by Gasteiger charge is 2.12. The van der Waals surface area contributed by atoms with Gasteiger partial charge in [0.15, 0.2) is 0 Å². The SMILES string of the molecule is Cc1ccc(O)c(C(=O)Nc2ccc(C)c(F)c2)c1. The van der Waals surface area contributed by atoms with Crippen LogP contribution in [-0.4, -0.2) is 11.0 Å². The van der Waals surface area contributed by atoms with Gasteiger partial charge in [-0.25, -0.2) is 4.39 Å². The van der Waals surface area contributed by atoms with Gasteiger partial charge in [0.05, 0.1) is 5.56 Å². The number of carbonyl (C=O) groups is 1. The Hall–Kier alpha value is -2.36. The summed E-state index contributed by atoms with van der Waals surface area (Å²) in [6.45, 7) is 3.47. The van der Waals surface area contributed by atoms with Gasteiger partial charge in [-0.3, -0.25) is 4.79 Å². The number of amides is 1. The number of aryl methyl sites for hydroxylation is 2. The molecule has 0 radical (unpaired) electrons. The molecule has 0 saturated heterocycles. The highest BCUT2D eigenvalue weighted by molar-refractivity contribution is 6.06. The second kappa shape index (κ2) is 5.10. The lowest BCUT2D eigenvalue weighted by atomic mass is 10.1. The van der Waals surface area contributed by atoms with Gasteiger partial charge in [-0.15, -0.1) is 0 Å². The summed E-state index contributed by atoms with van der Waals surface area (Å²) in [5.74, 6) is -0.952. The van der Waals surface area contributed by atoms with Crippen LogP contribution in [0.1, 0.15) is 21.5 Å². The van der Waals surface area contributed by atoms with Gasteiger partial charge in [0, 0.05) is 5.69 Å². The molecule has 0 spiro atoms. The summed E-state index contributed by atoms with van der Waals surface area (Å²) in [5, 5.41) is 12.2. The lowest BCUT2D eigenvalue weighted by Gasteiger charge is -2.08. The van der Waals surface area contributed by atoms with Crippen molar-refractivity contribution in [2.45, 2.75) is 13.8 Å². The molecule has 0 aromatic heterocycles. The first-order valence-electron chi connectivity index (χ1n) is 5.84. The van der Waals surface area contributed by atoms with Crippen molar-refractivity contribution in [1.29, 1.82) is 0 Å². The number of phenols is 1. The van der Waals surface area contributed by atoms with Crippen LogP contribution in [0.25, 0.3) is 0 Å². The van der Waals surface area contributed by atoms with Crippen molar-refractivity contribution in [3.05, 3.63) is 58.9 Å². The van der Waals surface area contributed by atoms with E-state index in [9.17, 15) is 14.3 Å². The fraction of sp³-hybridized carbons (Fsp3) is 0.133. The number of aromatic hydroxyl groups is 1. The first-order chi connectivity index (χ1) is 8.97. The Balaban J connectivity index is 2.25. The Morgan fingerprint density at radius 2 is 1.89 bits per heavy atom. The highest BCUT2D eigenvalue weighted by atomic mass is 19.1. The fourth-order valence-electron chi connectivity index (χ4n) is 1.70. The number of hydrogen-bond donors (Lipinski definition) is 2. The number of phenolic OH excluding ortho intramolecular Hbond substituents is 1. The molecule has 0 heterocycles. The van der Waals surface area contributed by atoms with E-state index in [1.807, 2.05) is 6.92 Å². The van der Waals surface area contributed by atoms with Crippen LogP contribution in [0, 0.1) is 19.7 Å². The van der Waals surface area contributed by atoms with E-state index in [4.69, 9.17) is 0 Å². The molecule has 0 bridgehead atoms. The van der Waals surface area contributed by atoms with Gasteiger partial charge in [0.1, 0.15) is 11.6 Å². The number of nitrogens with one attached hydrogen (secondary N) is 1. The summed E-state index contributed by atoms with van der Waals surface area (Å²) >= 11 is 0. The molecule has 0 aliphatic carbocycles. The average Bonchev–Trinajstić information content (AvgIpc) is 2.36. The molecule has 0 aliphatic rings. The number of hydrogen-bond acceptors (Lipinski definition) is 2. The minimum atomic E-state index is -0.468. The topological polar surface area (TPSA) is 49.3 Å². The monoisotopic (exact) mass is 259 g/mol. The van der Waals surface area contributed by atoms with Crippen molar-refractivity contribution < 1.29 is 14.3 Å². The van der Waals surface area contributed by atoms with Crippen molar-refractivity contribution in [3.8, 4) is 5.75 Å². The quantitative estimate of drug-likeness (QED) is 0.868. The second-order valence-electron chi connectivity index (χ2n) is 4.44. The zero-order valence-corrected chi connectivity index (χ0v) is 10.7. The Labute approximate surface area is 110 Å². The predicted octanol–water partition coefficient (Wildman–Crippen LogP) is 3.40. The molecule has 0 aliphatic heterocycles. The molecule has 0 unspecified atom stereocenters. The van der Waals surface area contributed by atoms with Gasteiger partial charge in [-0.05, 0) is 43.7 Å². The largest absolute Gasteiger partial charge is 0.507 e. The first kappa shape index (κ1) is 13.1. The summed E-state index contributed by atoms with van der Waals surface area (Å²) in [7, 11) is 0. The molecule has 3 nitrogen and oxygen atoms in total. The van der Waals surface area contributed by atoms with Crippen LogP contribution in [0.2, 0.25) is 0 Å². The van der Waals surface area contributed by atoms with Crippen molar-refractivity contribution in [2.75, 3.05) is 5.32 Å². The van der Waals surface area contributed by atoms with Gasteiger partial charge < -0.3 is 10.4 Å². The van der Waals surface area contributed by atoms with Crippen LogP contribution in [0.4, 0.5) is 10.1 Å². The maximum Gasteiger partial charge on any atom is 0.259 e. The van der Waals surface area contributed by atoms with Crippen LogP contribution in [0.5, 0.6) is 5.75 Å². The lowest BCUT2D eigenvalue weighted by Crippen LogP contribution is -2.12. The number of carbonyl (C=O) groups excluding carboxylic acids is 1. The van der Waals surface area contributed by atoms with Gasteiger partial charge >= 0.3 is 0 Å². The summed E-state index contributed by atoms with van der Waals surface area (Å²) < 4.78 is 13.4. The molecule has 19 heavy (non-hydrogen) atoms. The van der Waals surface area contributed by atoms with E-state index in [0.717, 1.165) is 5.56 Å². The van der Waals surface area contributed by atoms with Crippen molar-refractivity contribution in [1.82, 2.24) is 0 Å². The van der Waals surface area contributed by atoms with E-state index < -0.39 is 5.91 Å². The third-order valence-corrected chi connectivity index (χ3v) is 2.83. The Morgan fingerprint density at radius 3 is 2.58 bits per heavy atom. The maximum atomic E-state index is 13.4. The molecule has 4 heteroatoms. The third kappa shape index (κ3) is 2.91. The smallest absolute Gasteiger partial charge is 0.259 e. The van der Waals surface area contributed by atoms with Crippen LogP contribution < -0.4 is 5.32 Å². The van der Waals surface area contributed by atoms with E-state index in [2.05, 4.69) is 5.32 Å². The van der Waals surface area contributed by atoms with E-state index >= 15 is 0 Å². The second-order valence-corrected chi connectivity index (χ2v) is 4.44. The molecular weight excluding hydrogens is 245 g/mol. The predicted molar refractivity (Wildman–Crippen MR) is 71.9 cm³/mol. The minimum Gasteiger partial charge on any atom is -0.507 e. The van der Waals surface area contributed by atoms with Crippen LogP contribution in [0.3, 0.4) is 0 Å². The fourth-order valence-corrected chi connectivity index (χ4v) is 1.70. The molecule has 2 aromatic carbocycles. The van der Waals surface area contributed by atoms with Crippen molar-refractivity contribution in [3.63, 3.8) is 0 Å². The summed E-state index contributed by atoms with van der Waals surface area (Å²) in [6, 6.07) is 9.19. The average molecular weight is 259 g/mol. The number of rotatable bonds is 2. The van der Waals surface area contributed by atoms with Crippen LogP contribution in [-0.2, 0) is 0 Å². The van der Waals surface area contributed by atoms with Gasteiger partial charge in [0.25, 0.3) is 5.91 Å². The first-order valence-corrected chi connectivity index (χ1v) is 5.84. The van der Waals surface area contributed by atoms with E-state index in [1.165, 1.54) is 12.1 Å². The number of anilines is 1. The van der Waals surface area contributed by atoms with Crippen LogP contribution >= 0.6 is 0 Å². The van der Waals surface area contributed by atoms with Crippen molar-refractivity contribution >= 4 is 11.6 Å². The maximum absolute atomic E-state index is 13.4. The molecule has 2 aromatic rings. The van der Waals surface area contributed by atoms with E-state index in [1.54, 1.807) is 31.2 Å². The third-order valence-electron chi connectivity index (χ3n) is 2.83. The molecule has 0 fully saturated rings. The van der Waals surface area contributed by atoms with E-state index in [0.29, 0.717) is 11.3 Å². The van der Waals surface area contributed by atoms with Gasteiger partial charge in [-0.1, -0.05) is 17.7 Å². The molecule has 0 saturated carbocycles. The summed E-state index contributed by atoms with van der Waals surface area (Å²) in [6.07, 6.45) is 0. The molecule has 98 valence electrons. The molecule has 1 amide bonds. The number of halogens is 1. The normalized spacial score (nSPS) is 10.3. The van der Waals surface area contributed by atoms with Gasteiger partial charge in [0.2, 0.25) is 0 Å². The van der Waals surface area contributed by atoms with E-state index in [-0.39, 0.29) is 17.1 Å². The minimum absolute atomic E-state index is 0.101. The molecular formula is C15H14FNO2. The standard InChI is InChI=1S/C15H14FNO2/c1-9-3-6-14(18)12(7-9)15(19)17-11-5-4-10(2)13(16)8-11/h3-8,18H,1-2H3,(H,17,19). The Kier molecular flexibility index (Phi) is 3.51. The molecule has 0 atom stereocenters. The lowest BCUT2D eigenvalue weighted by molar-refractivity contribution is 0.102. The van der Waals surface area contributed by atoms with Crippen LogP contribution in [0.15, 0.2) is 36.4 Å². The Bertz CT molecular complexity index is 638.